The minimum Gasteiger partial charge on any atom is -0.489 e. The molecule has 0 saturated carbocycles. The Kier molecular flexibility index (Phi) is 6.53. The Morgan fingerprint density at radius 3 is 2.62 bits per heavy atom. The molecule has 3 rings (SSSR count). The first kappa shape index (κ1) is 17.3. The third-order valence-electron chi connectivity index (χ3n) is 4.24. The average Bonchev–Trinajstić information content (AvgIpc) is 2.61. The molecular formula is C20H24ClNO2. The maximum Gasteiger partial charge on any atom is 0.120 e. The van der Waals surface area contributed by atoms with Gasteiger partial charge in [-0.1, -0.05) is 35.9 Å². The fraction of sp³-hybridized carbons (Fsp3) is 0.400. The van der Waals surface area contributed by atoms with Gasteiger partial charge in [0.15, 0.2) is 0 Å². The third kappa shape index (κ3) is 5.52. The highest BCUT2D eigenvalue weighted by molar-refractivity contribution is 6.30. The van der Waals surface area contributed by atoms with Gasteiger partial charge in [-0.3, -0.25) is 4.90 Å². The molecule has 4 heteroatoms. The van der Waals surface area contributed by atoms with Crippen LogP contribution in [0.1, 0.15) is 17.5 Å². The van der Waals surface area contributed by atoms with Crippen molar-refractivity contribution < 1.29 is 9.47 Å². The van der Waals surface area contributed by atoms with Gasteiger partial charge in [0.1, 0.15) is 12.4 Å². The van der Waals surface area contributed by atoms with Crippen LogP contribution in [0.4, 0.5) is 0 Å². The molecule has 1 aliphatic heterocycles. The van der Waals surface area contributed by atoms with Crippen LogP contribution in [0.25, 0.3) is 0 Å². The van der Waals surface area contributed by atoms with Gasteiger partial charge in [-0.25, -0.2) is 0 Å². The van der Waals surface area contributed by atoms with E-state index in [0.29, 0.717) is 6.61 Å². The molecule has 2 aromatic rings. The second-order valence-electron chi connectivity index (χ2n) is 6.12. The maximum absolute atomic E-state index is 6.01. The molecule has 1 fully saturated rings. The van der Waals surface area contributed by atoms with Crippen molar-refractivity contribution in [2.75, 3.05) is 32.8 Å². The van der Waals surface area contributed by atoms with Gasteiger partial charge >= 0.3 is 0 Å². The first-order valence-corrected chi connectivity index (χ1v) is 8.94. The molecule has 0 amide bonds. The Hall–Kier alpha value is -1.55. The van der Waals surface area contributed by atoms with Crippen LogP contribution in [0.3, 0.4) is 0 Å². The van der Waals surface area contributed by atoms with E-state index in [9.17, 15) is 0 Å². The molecule has 0 unspecified atom stereocenters. The second-order valence-corrected chi connectivity index (χ2v) is 6.56. The number of hydrogen-bond donors (Lipinski definition) is 0. The molecule has 0 aliphatic carbocycles. The predicted octanol–water partition coefficient (Wildman–Crippen LogP) is 4.18. The van der Waals surface area contributed by atoms with Gasteiger partial charge in [-0.05, 0) is 54.8 Å². The van der Waals surface area contributed by atoms with Crippen molar-refractivity contribution in [3.63, 3.8) is 0 Å². The monoisotopic (exact) mass is 345 g/mol. The molecule has 128 valence electrons. The Labute approximate surface area is 149 Å². The zero-order valence-corrected chi connectivity index (χ0v) is 14.7. The highest BCUT2D eigenvalue weighted by Gasteiger charge is 2.09. The number of rotatable bonds is 7. The fourth-order valence-corrected chi connectivity index (χ4v) is 3.13. The minimum atomic E-state index is 0.539. The van der Waals surface area contributed by atoms with E-state index in [2.05, 4.69) is 23.1 Å². The van der Waals surface area contributed by atoms with Gasteiger partial charge in [-0.2, -0.15) is 0 Å². The Balaban J connectivity index is 1.46. The standard InChI is InChI=1S/C20H24ClNO2/c21-19-7-1-5-18(14-19)16-24-20-8-2-4-17(15-20)6-3-9-22-10-12-23-13-11-22/h1-2,4-5,7-8,14-15H,3,6,9-13,16H2. The van der Waals surface area contributed by atoms with Crippen LogP contribution < -0.4 is 4.74 Å². The summed E-state index contributed by atoms with van der Waals surface area (Å²) in [5.41, 5.74) is 2.41. The summed E-state index contributed by atoms with van der Waals surface area (Å²) in [5.74, 6) is 0.916. The molecular weight excluding hydrogens is 322 g/mol. The van der Waals surface area contributed by atoms with E-state index < -0.39 is 0 Å². The topological polar surface area (TPSA) is 21.7 Å². The summed E-state index contributed by atoms with van der Waals surface area (Å²) in [5, 5.41) is 0.743. The van der Waals surface area contributed by atoms with E-state index in [1.807, 2.05) is 30.3 Å². The van der Waals surface area contributed by atoms with E-state index in [4.69, 9.17) is 21.1 Å². The van der Waals surface area contributed by atoms with Crippen molar-refractivity contribution >= 4 is 11.6 Å². The van der Waals surface area contributed by atoms with Gasteiger partial charge < -0.3 is 9.47 Å². The zero-order chi connectivity index (χ0) is 16.6. The summed E-state index contributed by atoms with van der Waals surface area (Å²) in [6.07, 6.45) is 2.24. The SMILES string of the molecule is Clc1cccc(COc2cccc(CCCN3CCOCC3)c2)c1. The van der Waals surface area contributed by atoms with Gasteiger partial charge in [0.25, 0.3) is 0 Å². The molecule has 3 nitrogen and oxygen atoms in total. The average molecular weight is 346 g/mol. The molecule has 0 radical (unpaired) electrons. The Morgan fingerprint density at radius 2 is 1.79 bits per heavy atom. The highest BCUT2D eigenvalue weighted by atomic mass is 35.5. The minimum absolute atomic E-state index is 0.539. The van der Waals surface area contributed by atoms with E-state index in [1.54, 1.807) is 0 Å². The molecule has 0 atom stereocenters. The molecule has 24 heavy (non-hydrogen) atoms. The molecule has 1 heterocycles. The van der Waals surface area contributed by atoms with Gasteiger partial charge in [0.05, 0.1) is 13.2 Å². The summed E-state index contributed by atoms with van der Waals surface area (Å²) in [6.45, 7) is 5.53. The summed E-state index contributed by atoms with van der Waals surface area (Å²) in [6, 6.07) is 16.2. The van der Waals surface area contributed by atoms with E-state index >= 15 is 0 Å². The van der Waals surface area contributed by atoms with E-state index in [1.165, 1.54) is 5.56 Å². The normalized spacial score (nSPS) is 15.4. The zero-order valence-electron chi connectivity index (χ0n) is 13.9. The second kappa shape index (κ2) is 9.07. The number of benzene rings is 2. The quantitative estimate of drug-likeness (QED) is 0.751. The van der Waals surface area contributed by atoms with Crippen molar-refractivity contribution in [2.45, 2.75) is 19.4 Å². The molecule has 0 bridgehead atoms. The van der Waals surface area contributed by atoms with Gasteiger partial charge in [-0.15, -0.1) is 0 Å². The van der Waals surface area contributed by atoms with Crippen molar-refractivity contribution in [3.05, 3.63) is 64.7 Å². The lowest BCUT2D eigenvalue weighted by molar-refractivity contribution is 0.0374. The van der Waals surface area contributed by atoms with E-state index in [-0.39, 0.29) is 0 Å². The lowest BCUT2D eigenvalue weighted by atomic mass is 10.1. The van der Waals surface area contributed by atoms with Crippen LogP contribution in [0.15, 0.2) is 48.5 Å². The lowest BCUT2D eigenvalue weighted by Crippen LogP contribution is -2.36. The summed E-state index contributed by atoms with van der Waals surface area (Å²) >= 11 is 6.01. The van der Waals surface area contributed by atoms with Crippen LogP contribution in [0.5, 0.6) is 5.75 Å². The summed E-state index contributed by atoms with van der Waals surface area (Å²) in [7, 11) is 0. The largest absolute Gasteiger partial charge is 0.489 e. The van der Waals surface area contributed by atoms with Crippen LogP contribution >= 0.6 is 11.6 Å². The van der Waals surface area contributed by atoms with Crippen molar-refractivity contribution in [3.8, 4) is 5.75 Å². The molecule has 0 N–H and O–H groups in total. The van der Waals surface area contributed by atoms with E-state index in [0.717, 1.165) is 62.0 Å². The highest BCUT2D eigenvalue weighted by Crippen LogP contribution is 2.18. The van der Waals surface area contributed by atoms with Crippen molar-refractivity contribution in [1.82, 2.24) is 4.90 Å². The number of ether oxygens (including phenoxy) is 2. The first-order valence-electron chi connectivity index (χ1n) is 8.56. The smallest absolute Gasteiger partial charge is 0.120 e. The predicted molar refractivity (Wildman–Crippen MR) is 97.8 cm³/mol. The molecule has 0 spiro atoms. The summed E-state index contributed by atoms with van der Waals surface area (Å²) < 4.78 is 11.3. The first-order chi connectivity index (χ1) is 11.8. The van der Waals surface area contributed by atoms with Gasteiger partial charge in [0.2, 0.25) is 0 Å². The molecule has 2 aromatic carbocycles. The number of halogens is 1. The van der Waals surface area contributed by atoms with Crippen molar-refractivity contribution in [2.24, 2.45) is 0 Å². The lowest BCUT2D eigenvalue weighted by Gasteiger charge is -2.26. The number of nitrogens with zero attached hydrogens (tertiary/aromatic N) is 1. The van der Waals surface area contributed by atoms with Crippen LogP contribution in [0, 0.1) is 0 Å². The van der Waals surface area contributed by atoms with Crippen LogP contribution in [0.2, 0.25) is 5.02 Å². The maximum atomic E-state index is 6.01. The summed E-state index contributed by atoms with van der Waals surface area (Å²) in [4.78, 5) is 2.48. The molecule has 1 aliphatic rings. The molecule has 1 saturated heterocycles. The third-order valence-corrected chi connectivity index (χ3v) is 4.47. The number of hydrogen-bond acceptors (Lipinski definition) is 3. The number of aryl methyl sites for hydroxylation is 1. The van der Waals surface area contributed by atoms with Crippen molar-refractivity contribution in [1.29, 1.82) is 0 Å². The molecule has 0 aromatic heterocycles. The fourth-order valence-electron chi connectivity index (χ4n) is 2.92. The number of morpholine rings is 1. The van der Waals surface area contributed by atoms with Gasteiger partial charge in [0, 0.05) is 18.1 Å². The van der Waals surface area contributed by atoms with Crippen LogP contribution in [-0.4, -0.2) is 37.7 Å². The Morgan fingerprint density at radius 1 is 1.00 bits per heavy atom. The van der Waals surface area contributed by atoms with Crippen LogP contribution in [-0.2, 0) is 17.8 Å². The Bertz CT molecular complexity index is 641.